The maximum absolute atomic E-state index is 11.5. The van der Waals surface area contributed by atoms with Crippen LogP contribution in [0.1, 0.15) is 26.2 Å². The van der Waals surface area contributed by atoms with Crippen LogP contribution in [0.25, 0.3) is 0 Å². The second kappa shape index (κ2) is 6.70. The Bertz CT molecular complexity index is 256. The van der Waals surface area contributed by atoms with E-state index in [0.29, 0.717) is 6.42 Å². The number of halogens is 1. The van der Waals surface area contributed by atoms with E-state index in [2.05, 4.69) is 10.1 Å². The van der Waals surface area contributed by atoms with Gasteiger partial charge in [-0.2, -0.15) is 0 Å². The molecule has 0 spiro atoms. The summed E-state index contributed by atoms with van der Waals surface area (Å²) in [6, 6.07) is -1.06. The van der Waals surface area contributed by atoms with Crippen molar-refractivity contribution < 1.29 is 14.3 Å². The van der Waals surface area contributed by atoms with Crippen LogP contribution in [0, 0.1) is 5.92 Å². The van der Waals surface area contributed by atoms with Gasteiger partial charge in [-0.25, -0.2) is 4.79 Å². The molecule has 0 aromatic heterocycles. The summed E-state index contributed by atoms with van der Waals surface area (Å²) in [5.74, 6) is -0.431. The summed E-state index contributed by atoms with van der Waals surface area (Å²) < 4.78 is 4.63. The van der Waals surface area contributed by atoms with E-state index in [0.717, 1.165) is 12.8 Å². The summed E-state index contributed by atoms with van der Waals surface area (Å²) in [4.78, 5) is 22.9. The van der Waals surface area contributed by atoms with Gasteiger partial charge in [0.05, 0.1) is 13.2 Å². The van der Waals surface area contributed by atoms with E-state index < -0.39 is 12.1 Å². The Labute approximate surface area is 101 Å². The maximum atomic E-state index is 11.5. The van der Waals surface area contributed by atoms with Gasteiger partial charge >= 0.3 is 5.97 Å². The van der Waals surface area contributed by atoms with Gasteiger partial charge in [-0.15, -0.1) is 12.4 Å². The summed E-state index contributed by atoms with van der Waals surface area (Å²) >= 11 is 0. The minimum Gasteiger partial charge on any atom is -0.467 e. The summed E-state index contributed by atoms with van der Waals surface area (Å²) in [5.41, 5.74) is 5.56. The molecule has 1 fully saturated rings. The van der Waals surface area contributed by atoms with E-state index in [-0.39, 0.29) is 30.2 Å². The standard InChI is InChI=1S/C10H18N2O3.ClH/c1-3-7(11)9(13)12-8(6-4-5-6)10(14)15-2;/h6-8H,3-5,11H2,1-2H3,(H,12,13);1H/t7-,8?;/m0./s1. The van der Waals surface area contributed by atoms with Crippen LogP contribution in [0.3, 0.4) is 0 Å². The Balaban J connectivity index is 0.00000225. The first-order valence-corrected chi connectivity index (χ1v) is 5.24. The molecule has 0 heterocycles. The molecule has 94 valence electrons. The molecule has 1 amide bonds. The largest absolute Gasteiger partial charge is 0.467 e. The van der Waals surface area contributed by atoms with Gasteiger partial charge in [0, 0.05) is 0 Å². The Hall–Kier alpha value is -0.810. The predicted octanol–water partition coefficient (Wildman–Crippen LogP) is 0.213. The number of nitrogens with two attached hydrogens (primary N) is 1. The van der Waals surface area contributed by atoms with Crippen molar-refractivity contribution in [2.24, 2.45) is 11.7 Å². The van der Waals surface area contributed by atoms with E-state index in [1.54, 1.807) is 0 Å². The van der Waals surface area contributed by atoms with Crippen LogP contribution in [0.2, 0.25) is 0 Å². The Morgan fingerprint density at radius 2 is 2.06 bits per heavy atom. The predicted molar refractivity (Wildman–Crippen MR) is 62.2 cm³/mol. The molecule has 0 aromatic rings. The molecule has 16 heavy (non-hydrogen) atoms. The Morgan fingerprint density at radius 1 is 1.50 bits per heavy atom. The highest BCUT2D eigenvalue weighted by Gasteiger charge is 2.38. The van der Waals surface area contributed by atoms with Crippen LogP contribution in [-0.4, -0.2) is 31.1 Å². The van der Waals surface area contributed by atoms with Crippen molar-refractivity contribution in [2.45, 2.75) is 38.3 Å². The van der Waals surface area contributed by atoms with Crippen LogP contribution in [-0.2, 0) is 14.3 Å². The average molecular weight is 251 g/mol. The van der Waals surface area contributed by atoms with Crippen LogP contribution >= 0.6 is 12.4 Å². The highest BCUT2D eigenvalue weighted by Crippen LogP contribution is 2.33. The number of esters is 1. The number of hydrogen-bond acceptors (Lipinski definition) is 4. The second-order valence-corrected chi connectivity index (χ2v) is 3.86. The molecule has 0 radical (unpaired) electrons. The zero-order valence-electron chi connectivity index (χ0n) is 9.56. The molecule has 1 aliphatic carbocycles. The molecular weight excluding hydrogens is 232 g/mol. The molecule has 2 atom stereocenters. The van der Waals surface area contributed by atoms with E-state index in [1.165, 1.54) is 7.11 Å². The lowest BCUT2D eigenvalue weighted by atomic mass is 10.1. The molecule has 1 saturated carbocycles. The number of carbonyl (C=O) groups is 2. The van der Waals surface area contributed by atoms with Crippen molar-refractivity contribution >= 4 is 24.3 Å². The van der Waals surface area contributed by atoms with Crippen LogP contribution in [0.15, 0.2) is 0 Å². The van der Waals surface area contributed by atoms with Gasteiger partial charge < -0.3 is 15.8 Å². The molecule has 5 nitrogen and oxygen atoms in total. The number of ether oxygens (including phenoxy) is 1. The fourth-order valence-corrected chi connectivity index (χ4v) is 1.37. The number of carbonyl (C=O) groups excluding carboxylic acids is 2. The topological polar surface area (TPSA) is 81.4 Å². The summed E-state index contributed by atoms with van der Waals surface area (Å²) in [6.07, 6.45) is 2.48. The Kier molecular flexibility index (Phi) is 6.36. The van der Waals surface area contributed by atoms with Crippen LogP contribution in [0.4, 0.5) is 0 Å². The lowest BCUT2D eigenvalue weighted by Crippen LogP contribution is -2.49. The minimum atomic E-state index is -0.545. The molecule has 3 N–H and O–H groups in total. The quantitative estimate of drug-likeness (QED) is 0.684. The van der Waals surface area contributed by atoms with E-state index in [1.807, 2.05) is 6.92 Å². The fraction of sp³-hybridized carbons (Fsp3) is 0.800. The number of amides is 1. The summed E-state index contributed by atoms with van der Waals surface area (Å²) in [7, 11) is 1.32. The minimum absolute atomic E-state index is 0. The molecule has 1 aliphatic rings. The number of hydrogen-bond donors (Lipinski definition) is 2. The Morgan fingerprint density at radius 3 is 2.44 bits per heavy atom. The van der Waals surface area contributed by atoms with E-state index >= 15 is 0 Å². The highest BCUT2D eigenvalue weighted by atomic mass is 35.5. The normalized spacial score (nSPS) is 17.9. The van der Waals surface area contributed by atoms with Crippen molar-refractivity contribution in [3.63, 3.8) is 0 Å². The lowest BCUT2D eigenvalue weighted by Gasteiger charge is -2.17. The van der Waals surface area contributed by atoms with Crippen molar-refractivity contribution in [3.8, 4) is 0 Å². The van der Waals surface area contributed by atoms with E-state index in [4.69, 9.17) is 5.73 Å². The van der Waals surface area contributed by atoms with Gasteiger partial charge in [-0.05, 0) is 25.2 Å². The van der Waals surface area contributed by atoms with Gasteiger partial charge in [0.15, 0.2) is 0 Å². The number of nitrogens with one attached hydrogen (secondary N) is 1. The maximum Gasteiger partial charge on any atom is 0.328 e. The zero-order valence-corrected chi connectivity index (χ0v) is 10.4. The first kappa shape index (κ1) is 15.2. The summed E-state index contributed by atoms with van der Waals surface area (Å²) in [5, 5.41) is 2.64. The molecule has 0 aliphatic heterocycles. The zero-order chi connectivity index (χ0) is 11.4. The van der Waals surface area contributed by atoms with Gasteiger partial charge in [0.1, 0.15) is 6.04 Å². The van der Waals surface area contributed by atoms with Crippen molar-refractivity contribution in [1.29, 1.82) is 0 Å². The number of rotatable bonds is 5. The molecule has 6 heteroatoms. The fourth-order valence-electron chi connectivity index (χ4n) is 1.37. The van der Waals surface area contributed by atoms with Crippen LogP contribution < -0.4 is 11.1 Å². The second-order valence-electron chi connectivity index (χ2n) is 3.86. The first-order valence-electron chi connectivity index (χ1n) is 5.24. The van der Waals surface area contributed by atoms with E-state index in [9.17, 15) is 9.59 Å². The molecule has 0 bridgehead atoms. The van der Waals surface area contributed by atoms with Gasteiger partial charge in [0.25, 0.3) is 0 Å². The van der Waals surface area contributed by atoms with Crippen molar-refractivity contribution in [2.75, 3.05) is 7.11 Å². The van der Waals surface area contributed by atoms with Crippen molar-refractivity contribution in [3.05, 3.63) is 0 Å². The third-order valence-electron chi connectivity index (χ3n) is 2.62. The molecule has 0 saturated heterocycles. The van der Waals surface area contributed by atoms with Crippen LogP contribution in [0.5, 0.6) is 0 Å². The third-order valence-corrected chi connectivity index (χ3v) is 2.62. The molecule has 1 rings (SSSR count). The average Bonchev–Trinajstić information content (AvgIpc) is 3.07. The molecule has 0 aromatic carbocycles. The molecular formula is C10H19ClN2O3. The first-order chi connectivity index (χ1) is 7.10. The van der Waals surface area contributed by atoms with Gasteiger partial charge in [0.2, 0.25) is 5.91 Å². The molecule has 1 unspecified atom stereocenters. The van der Waals surface area contributed by atoms with Gasteiger partial charge in [-0.1, -0.05) is 6.92 Å². The third kappa shape index (κ3) is 3.98. The number of methoxy groups -OCH3 is 1. The highest BCUT2D eigenvalue weighted by molar-refractivity contribution is 5.87. The lowest BCUT2D eigenvalue weighted by molar-refractivity contribution is -0.145. The van der Waals surface area contributed by atoms with Gasteiger partial charge in [-0.3, -0.25) is 4.79 Å². The monoisotopic (exact) mass is 250 g/mol. The SMILES string of the molecule is CC[C@H](N)C(=O)NC(C(=O)OC)C1CC1.Cl. The van der Waals surface area contributed by atoms with Crippen molar-refractivity contribution in [1.82, 2.24) is 5.32 Å². The summed E-state index contributed by atoms with van der Waals surface area (Å²) in [6.45, 7) is 1.83. The smallest absolute Gasteiger partial charge is 0.328 e.